The number of halogens is 1. The van der Waals surface area contributed by atoms with E-state index in [0.717, 1.165) is 29.2 Å². The summed E-state index contributed by atoms with van der Waals surface area (Å²) >= 11 is 5.93. The van der Waals surface area contributed by atoms with Gasteiger partial charge in [0.1, 0.15) is 5.76 Å². The fraction of sp³-hybridized carbons (Fsp3) is 0.312. The number of nitrogens with one attached hydrogen (secondary N) is 1. The molecule has 1 N–H and O–H groups in total. The van der Waals surface area contributed by atoms with Crippen molar-refractivity contribution < 1.29 is 9.21 Å². The number of hydrogen-bond acceptors (Lipinski definition) is 2. The Bertz CT molecular complexity index is 594. The van der Waals surface area contributed by atoms with Crippen LogP contribution in [0.5, 0.6) is 0 Å². The summed E-state index contributed by atoms with van der Waals surface area (Å²) in [4.78, 5) is 12.0. The van der Waals surface area contributed by atoms with Gasteiger partial charge in [-0.1, -0.05) is 23.7 Å². The highest BCUT2D eigenvalue weighted by Crippen LogP contribution is 2.47. The monoisotopic (exact) mass is 289 g/mol. The molecule has 20 heavy (non-hydrogen) atoms. The van der Waals surface area contributed by atoms with Crippen molar-refractivity contribution in [2.45, 2.75) is 18.8 Å². The maximum Gasteiger partial charge on any atom is 0.223 e. The minimum Gasteiger partial charge on any atom is -0.469 e. The minimum absolute atomic E-state index is 0.0699. The molecule has 0 saturated heterocycles. The lowest BCUT2D eigenvalue weighted by atomic mass is 10.1. The molecule has 4 heteroatoms. The van der Waals surface area contributed by atoms with Crippen LogP contribution in [0.25, 0.3) is 0 Å². The zero-order chi connectivity index (χ0) is 13.9. The van der Waals surface area contributed by atoms with Crippen LogP contribution in [-0.2, 0) is 11.2 Å². The van der Waals surface area contributed by atoms with Gasteiger partial charge in [-0.2, -0.15) is 0 Å². The third kappa shape index (κ3) is 3.05. The first-order valence-corrected chi connectivity index (χ1v) is 7.17. The maximum atomic E-state index is 12.0. The van der Waals surface area contributed by atoms with Crippen molar-refractivity contribution in [3.05, 3.63) is 59.0 Å². The van der Waals surface area contributed by atoms with Crippen LogP contribution in [-0.4, -0.2) is 12.5 Å². The zero-order valence-corrected chi connectivity index (χ0v) is 11.8. The number of amides is 1. The predicted octanol–water partition coefficient (Wildman–Crippen LogP) is 3.40. The van der Waals surface area contributed by atoms with Crippen molar-refractivity contribution in [3.8, 4) is 0 Å². The van der Waals surface area contributed by atoms with E-state index in [4.69, 9.17) is 16.0 Å². The number of carbonyl (C=O) groups excluding carboxylic acids is 1. The van der Waals surface area contributed by atoms with Gasteiger partial charge in [0.15, 0.2) is 0 Å². The minimum atomic E-state index is 0.0699. The Morgan fingerprint density at radius 3 is 3.00 bits per heavy atom. The number of furan rings is 1. The zero-order valence-electron chi connectivity index (χ0n) is 11.0. The third-order valence-electron chi connectivity index (χ3n) is 3.64. The average molecular weight is 290 g/mol. The summed E-state index contributed by atoms with van der Waals surface area (Å²) in [5.41, 5.74) is 1.14. The molecule has 1 saturated carbocycles. The number of hydrogen-bond donors (Lipinski definition) is 1. The molecule has 0 radical (unpaired) electrons. The van der Waals surface area contributed by atoms with E-state index in [0.29, 0.717) is 6.54 Å². The van der Waals surface area contributed by atoms with Crippen molar-refractivity contribution in [1.29, 1.82) is 0 Å². The predicted molar refractivity (Wildman–Crippen MR) is 77.7 cm³/mol. The lowest BCUT2D eigenvalue weighted by Gasteiger charge is -2.05. The summed E-state index contributed by atoms with van der Waals surface area (Å²) in [5.74, 6) is 1.37. The van der Waals surface area contributed by atoms with Gasteiger partial charge in [0.05, 0.1) is 6.26 Å². The molecule has 104 valence electrons. The first-order valence-electron chi connectivity index (χ1n) is 6.79. The standard InChI is InChI=1S/C16H16ClNO2/c17-12-4-1-3-11(9-12)6-7-18-16(19)14-10-13(14)15-5-2-8-20-15/h1-5,8-9,13-14H,6-7,10H2,(H,18,19). The molecule has 2 aromatic rings. The molecule has 1 aliphatic rings. The normalized spacial score (nSPS) is 20.6. The maximum absolute atomic E-state index is 12.0. The van der Waals surface area contributed by atoms with Crippen LogP contribution in [0.4, 0.5) is 0 Å². The second-order valence-corrected chi connectivity index (χ2v) is 5.57. The Hall–Kier alpha value is -1.74. The van der Waals surface area contributed by atoms with E-state index in [9.17, 15) is 4.79 Å². The first kappa shape index (κ1) is 13.3. The van der Waals surface area contributed by atoms with E-state index in [1.54, 1.807) is 6.26 Å². The second-order valence-electron chi connectivity index (χ2n) is 5.14. The van der Waals surface area contributed by atoms with Crippen molar-refractivity contribution in [3.63, 3.8) is 0 Å². The Morgan fingerprint density at radius 2 is 2.25 bits per heavy atom. The molecular formula is C16H16ClNO2. The van der Waals surface area contributed by atoms with Gasteiger partial charge < -0.3 is 9.73 Å². The van der Waals surface area contributed by atoms with Crippen LogP contribution in [0, 0.1) is 5.92 Å². The van der Waals surface area contributed by atoms with E-state index in [2.05, 4.69) is 5.32 Å². The molecule has 1 aromatic carbocycles. The first-order chi connectivity index (χ1) is 9.74. The van der Waals surface area contributed by atoms with Gasteiger partial charge in [-0.05, 0) is 42.7 Å². The molecular weight excluding hydrogens is 274 g/mol. The molecule has 1 aromatic heterocycles. The van der Waals surface area contributed by atoms with E-state index in [1.807, 2.05) is 36.4 Å². The second kappa shape index (κ2) is 5.71. The van der Waals surface area contributed by atoms with Gasteiger partial charge in [0, 0.05) is 23.4 Å². The Balaban J connectivity index is 1.44. The number of benzene rings is 1. The van der Waals surface area contributed by atoms with Crippen molar-refractivity contribution in [2.24, 2.45) is 5.92 Å². The number of rotatable bonds is 5. The summed E-state index contributed by atoms with van der Waals surface area (Å²) in [6, 6.07) is 11.5. The molecule has 1 amide bonds. The molecule has 3 nitrogen and oxygen atoms in total. The quantitative estimate of drug-likeness (QED) is 0.917. The fourth-order valence-electron chi connectivity index (χ4n) is 2.46. The van der Waals surface area contributed by atoms with Crippen LogP contribution < -0.4 is 5.32 Å². The van der Waals surface area contributed by atoms with Crippen molar-refractivity contribution in [2.75, 3.05) is 6.54 Å². The van der Waals surface area contributed by atoms with Crippen LogP contribution in [0.3, 0.4) is 0 Å². The topological polar surface area (TPSA) is 42.2 Å². The highest BCUT2D eigenvalue weighted by Gasteiger charge is 2.45. The molecule has 2 unspecified atom stereocenters. The van der Waals surface area contributed by atoms with Crippen molar-refractivity contribution in [1.82, 2.24) is 5.32 Å². The van der Waals surface area contributed by atoms with Gasteiger partial charge >= 0.3 is 0 Å². The number of carbonyl (C=O) groups is 1. The van der Waals surface area contributed by atoms with Crippen LogP contribution in [0.15, 0.2) is 47.1 Å². The van der Waals surface area contributed by atoms with E-state index in [-0.39, 0.29) is 17.7 Å². The van der Waals surface area contributed by atoms with E-state index < -0.39 is 0 Å². The van der Waals surface area contributed by atoms with Gasteiger partial charge in [-0.3, -0.25) is 4.79 Å². The van der Waals surface area contributed by atoms with Crippen molar-refractivity contribution >= 4 is 17.5 Å². The smallest absolute Gasteiger partial charge is 0.223 e. The lowest BCUT2D eigenvalue weighted by Crippen LogP contribution is -2.27. The molecule has 0 spiro atoms. The van der Waals surface area contributed by atoms with Crippen LogP contribution >= 0.6 is 11.6 Å². The van der Waals surface area contributed by atoms with Crippen LogP contribution in [0.2, 0.25) is 5.02 Å². The lowest BCUT2D eigenvalue weighted by molar-refractivity contribution is -0.122. The summed E-state index contributed by atoms with van der Waals surface area (Å²) in [6.07, 6.45) is 3.34. The van der Waals surface area contributed by atoms with E-state index in [1.165, 1.54) is 0 Å². The SMILES string of the molecule is O=C(NCCc1cccc(Cl)c1)C1CC1c1ccco1. The summed E-state index contributed by atoms with van der Waals surface area (Å²) in [5, 5.41) is 3.71. The van der Waals surface area contributed by atoms with Gasteiger partial charge in [0.2, 0.25) is 5.91 Å². The summed E-state index contributed by atoms with van der Waals surface area (Å²) in [7, 11) is 0. The average Bonchev–Trinajstić information content (AvgIpc) is 3.05. The Kier molecular flexibility index (Phi) is 3.79. The molecule has 0 bridgehead atoms. The molecule has 0 aliphatic heterocycles. The highest BCUT2D eigenvalue weighted by molar-refractivity contribution is 6.30. The van der Waals surface area contributed by atoms with Gasteiger partial charge in [-0.25, -0.2) is 0 Å². The fourth-order valence-corrected chi connectivity index (χ4v) is 2.67. The molecule has 3 rings (SSSR count). The third-order valence-corrected chi connectivity index (χ3v) is 3.87. The molecule has 1 fully saturated rings. The Morgan fingerprint density at radius 1 is 1.35 bits per heavy atom. The Labute approximate surface area is 122 Å². The largest absolute Gasteiger partial charge is 0.469 e. The van der Waals surface area contributed by atoms with Gasteiger partial charge in [0.25, 0.3) is 0 Å². The van der Waals surface area contributed by atoms with Crippen LogP contribution in [0.1, 0.15) is 23.7 Å². The van der Waals surface area contributed by atoms with E-state index >= 15 is 0 Å². The molecule has 2 atom stereocenters. The highest BCUT2D eigenvalue weighted by atomic mass is 35.5. The summed E-state index contributed by atoms with van der Waals surface area (Å²) < 4.78 is 5.33. The summed E-state index contributed by atoms with van der Waals surface area (Å²) in [6.45, 7) is 0.639. The molecule has 1 aliphatic carbocycles. The van der Waals surface area contributed by atoms with Gasteiger partial charge in [-0.15, -0.1) is 0 Å². The molecule has 1 heterocycles.